The molecule has 3 aromatic carbocycles. The monoisotopic (exact) mass is 554 g/mol. The van der Waals surface area contributed by atoms with E-state index in [-0.39, 0.29) is 49.1 Å². The molecule has 0 aliphatic heterocycles. The maximum absolute atomic E-state index is 12.7. The molecule has 40 heavy (non-hydrogen) atoms. The number of esters is 2. The highest BCUT2D eigenvalue weighted by Gasteiger charge is 2.28. The first-order valence-electron chi connectivity index (χ1n) is 12.6. The van der Waals surface area contributed by atoms with E-state index in [9.17, 15) is 19.8 Å². The molecule has 0 aliphatic carbocycles. The fourth-order valence-corrected chi connectivity index (χ4v) is 3.64. The lowest BCUT2D eigenvalue weighted by molar-refractivity contribution is 0.0000993. The Hall–Kier alpha value is -3.96. The molecule has 0 heterocycles. The minimum Gasteiger partial charge on any atom is -0.487 e. The van der Waals surface area contributed by atoms with Crippen molar-refractivity contribution < 1.29 is 48.2 Å². The summed E-state index contributed by atoms with van der Waals surface area (Å²) in [6.07, 6.45) is -2.07. The average molecular weight is 555 g/mol. The van der Waals surface area contributed by atoms with Crippen molar-refractivity contribution in [1.29, 1.82) is 0 Å². The zero-order valence-corrected chi connectivity index (χ0v) is 22.5. The molecule has 2 atom stereocenters. The van der Waals surface area contributed by atoms with Crippen molar-refractivity contribution >= 4 is 11.9 Å². The molecule has 0 saturated heterocycles. The van der Waals surface area contributed by atoms with Crippen LogP contribution in [0.15, 0.2) is 72.8 Å². The summed E-state index contributed by atoms with van der Waals surface area (Å²) < 4.78 is 32.3. The van der Waals surface area contributed by atoms with Crippen LogP contribution in [0.25, 0.3) is 0 Å². The van der Waals surface area contributed by atoms with Gasteiger partial charge in [-0.2, -0.15) is 0 Å². The second-order valence-electron chi connectivity index (χ2n) is 8.73. The largest absolute Gasteiger partial charge is 0.487 e. The number of aliphatic hydroxyl groups excluding tert-OH is 2. The van der Waals surface area contributed by atoms with Crippen LogP contribution in [0, 0.1) is 0 Å². The summed E-state index contributed by atoms with van der Waals surface area (Å²) >= 11 is 0. The average Bonchev–Trinajstić information content (AvgIpc) is 2.99. The first kappa shape index (κ1) is 30.6. The van der Waals surface area contributed by atoms with Crippen LogP contribution in [0.2, 0.25) is 0 Å². The Labute approximate surface area is 233 Å². The molecule has 214 valence electrons. The van der Waals surface area contributed by atoms with E-state index >= 15 is 0 Å². The topological polar surface area (TPSA) is 130 Å². The molecule has 0 amide bonds. The number of carbonyl (C=O) groups is 2. The molecule has 0 bridgehead atoms. The molecule has 0 fully saturated rings. The van der Waals surface area contributed by atoms with E-state index in [4.69, 9.17) is 28.4 Å². The molecular formula is C30H34O10. The van der Waals surface area contributed by atoms with Gasteiger partial charge >= 0.3 is 11.9 Å². The number of aliphatic hydroxyl groups is 2. The fourth-order valence-electron chi connectivity index (χ4n) is 3.64. The smallest absolute Gasteiger partial charge is 0.342 e. The lowest BCUT2D eigenvalue weighted by Gasteiger charge is -2.20. The van der Waals surface area contributed by atoms with Crippen molar-refractivity contribution in [1.82, 2.24) is 0 Å². The summed E-state index contributed by atoms with van der Waals surface area (Å²) in [4.78, 5) is 25.1. The van der Waals surface area contributed by atoms with E-state index in [2.05, 4.69) is 0 Å². The Balaban J connectivity index is 1.68. The summed E-state index contributed by atoms with van der Waals surface area (Å²) in [5.74, 6) is -1.76. The van der Waals surface area contributed by atoms with Crippen molar-refractivity contribution in [3.8, 4) is 11.5 Å². The van der Waals surface area contributed by atoms with Gasteiger partial charge in [0, 0.05) is 0 Å². The summed E-state index contributed by atoms with van der Waals surface area (Å²) in [6, 6.07) is 21.7. The molecule has 0 saturated carbocycles. The Morgan fingerprint density at radius 3 is 1.65 bits per heavy atom. The number of hydrogen-bond acceptors (Lipinski definition) is 10. The lowest BCUT2D eigenvalue weighted by atomic mass is 10.1. The van der Waals surface area contributed by atoms with Crippen LogP contribution in [-0.2, 0) is 32.2 Å². The molecule has 10 nitrogen and oxygen atoms in total. The zero-order valence-electron chi connectivity index (χ0n) is 22.5. The SMILES string of the molecule is COC(=O)c1ccc(OCC(O)COCc2ccccc2)c(OCC(O)COCc2ccccc2)c1C(=O)OC. The molecular weight excluding hydrogens is 520 g/mol. The highest BCUT2D eigenvalue weighted by atomic mass is 16.6. The zero-order chi connectivity index (χ0) is 28.7. The van der Waals surface area contributed by atoms with E-state index < -0.39 is 24.1 Å². The molecule has 0 aromatic heterocycles. The van der Waals surface area contributed by atoms with Gasteiger partial charge in [0.2, 0.25) is 0 Å². The number of methoxy groups -OCH3 is 2. The molecule has 2 unspecified atom stereocenters. The van der Waals surface area contributed by atoms with E-state index in [0.717, 1.165) is 18.2 Å². The van der Waals surface area contributed by atoms with Crippen molar-refractivity contribution in [2.75, 3.05) is 40.6 Å². The molecule has 2 N–H and O–H groups in total. The first-order valence-corrected chi connectivity index (χ1v) is 12.6. The second kappa shape index (κ2) is 16.2. The maximum atomic E-state index is 12.7. The molecule has 3 aromatic rings. The van der Waals surface area contributed by atoms with Gasteiger partial charge in [0.25, 0.3) is 0 Å². The van der Waals surface area contributed by atoms with Gasteiger partial charge in [0.15, 0.2) is 11.5 Å². The number of rotatable bonds is 16. The van der Waals surface area contributed by atoms with Crippen LogP contribution in [0.4, 0.5) is 0 Å². The van der Waals surface area contributed by atoms with Crippen LogP contribution in [0.5, 0.6) is 11.5 Å². The number of hydrogen-bond donors (Lipinski definition) is 2. The van der Waals surface area contributed by atoms with E-state index in [0.29, 0.717) is 13.2 Å². The van der Waals surface area contributed by atoms with Gasteiger partial charge in [0.05, 0.1) is 46.2 Å². The Morgan fingerprint density at radius 1 is 0.650 bits per heavy atom. The second-order valence-corrected chi connectivity index (χ2v) is 8.73. The van der Waals surface area contributed by atoms with Gasteiger partial charge in [-0.25, -0.2) is 9.59 Å². The van der Waals surface area contributed by atoms with Crippen molar-refractivity contribution in [3.05, 3.63) is 95.1 Å². The fraction of sp³-hybridized carbons (Fsp3) is 0.333. The third kappa shape index (κ3) is 9.35. The van der Waals surface area contributed by atoms with Gasteiger partial charge in [-0.15, -0.1) is 0 Å². The highest BCUT2D eigenvalue weighted by molar-refractivity contribution is 6.05. The number of benzene rings is 3. The predicted molar refractivity (Wildman–Crippen MR) is 144 cm³/mol. The van der Waals surface area contributed by atoms with Gasteiger partial charge < -0.3 is 38.6 Å². The van der Waals surface area contributed by atoms with E-state index in [1.807, 2.05) is 60.7 Å². The van der Waals surface area contributed by atoms with E-state index in [1.54, 1.807) is 0 Å². The van der Waals surface area contributed by atoms with Gasteiger partial charge in [-0.05, 0) is 23.3 Å². The van der Waals surface area contributed by atoms with Crippen LogP contribution < -0.4 is 9.47 Å². The molecule has 0 radical (unpaired) electrons. The molecule has 10 heteroatoms. The van der Waals surface area contributed by atoms with E-state index in [1.165, 1.54) is 19.2 Å². The quantitative estimate of drug-likeness (QED) is 0.255. The summed E-state index contributed by atoms with van der Waals surface area (Å²) in [5.41, 5.74) is 1.55. The Morgan fingerprint density at radius 2 is 1.15 bits per heavy atom. The standard InChI is InChI=1S/C30H34O10/c1-35-29(33)25-13-14-26(39-19-23(31)17-37-15-21-9-5-3-6-10-21)28(27(25)30(34)36-2)40-20-24(32)18-38-16-22-11-7-4-8-12-22/h3-14,23-24,31-32H,15-20H2,1-2H3. The Kier molecular flexibility index (Phi) is 12.4. The molecule has 3 rings (SSSR count). The van der Waals surface area contributed by atoms with Gasteiger partial charge in [-0.3, -0.25) is 0 Å². The van der Waals surface area contributed by atoms with Crippen LogP contribution in [0.3, 0.4) is 0 Å². The predicted octanol–water partition coefficient (Wildman–Crippen LogP) is 3.17. The Bertz CT molecular complexity index is 1200. The summed E-state index contributed by atoms with van der Waals surface area (Å²) in [5, 5.41) is 20.8. The third-order valence-electron chi connectivity index (χ3n) is 5.61. The highest BCUT2D eigenvalue weighted by Crippen LogP contribution is 2.35. The van der Waals surface area contributed by atoms with Gasteiger partial charge in [0.1, 0.15) is 31.0 Å². The normalized spacial score (nSPS) is 12.3. The minimum absolute atomic E-state index is 0.00729. The number of carbonyl (C=O) groups excluding carboxylic acids is 2. The van der Waals surface area contributed by atoms with Crippen molar-refractivity contribution in [2.24, 2.45) is 0 Å². The van der Waals surface area contributed by atoms with Crippen LogP contribution >= 0.6 is 0 Å². The third-order valence-corrected chi connectivity index (χ3v) is 5.61. The van der Waals surface area contributed by atoms with Gasteiger partial charge in [-0.1, -0.05) is 60.7 Å². The summed E-state index contributed by atoms with van der Waals surface area (Å²) in [7, 11) is 2.33. The molecule has 0 aliphatic rings. The minimum atomic E-state index is -1.07. The molecule has 0 spiro atoms. The maximum Gasteiger partial charge on any atom is 0.342 e. The van der Waals surface area contributed by atoms with Crippen LogP contribution in [0.1, 0.15) is 31.8 Å². The number of ether oxygens (including phenoxy) is 6. The van der Waals surface area contributed by atoms with Crippen molar-refractivity contribution in [2.45, 2.75) is 25.4 Å². The lowest BCUT2D eigenvalue weighted by Crippen LogP contribution is -2.26. The summed E-state index contributed by atoms with van der Waals surface area (Å²) in [6.45, 7) is 0.0621. The van der Waals surface area contributed by atoms with Crippen molar-refractivity contribution in [3.63, 3.8) is 0 Å². The first-order chi connectivity index (χ1) is 19.4. The van der Waals surface area contributed by atoms with Crippen LogP contribution in [-0.4, -0.2) is 75.0 Å².